The quantitative estimate of drug-likeness (QED) is 0.441. The number of benzene rings is 1. The van der Waals surface area contributed by atoms with Gasteiger partial charge < -0.3 is 5.11 Å². The van der Waals surface area contributed by atoms with Gasteiger partial charge in [-0.15, -0.1) is 11.8 Å². The molecule has 1 rings (SSSR count). The summed E-state index contributed by atoms with van der Waals surface area (Å²) in [6.07, 6.45) is 0. The van der Waals surface area contributed by atoms with Crippen LogP contribution in [0.1, 0.15) is 73.4 Å². The molecule has 3 heteroatoms. The number of phenols is 1. The van der Waals surface area contributed by atoms with Gasteiger partial charge in [-0.3, -0.25) is 0 Å². The largest absolute Gasteiger partial charge is 0.507 e. The molecular formula is C21H38OSSi. The molecule has 1 aromatic rings. The van der Waals surface area contributed by atoms with Gasteiger partial charge in [0.1, 0.15) is 5.75 Å². The summed E-state index contributed by atoms with van der Waals surface area (Å²) >= 11 is 2.00. The number of hydrogen-bond donors (Lipinski definition) is 1. The number of rotatable bonds is 3. The molecule has 1 nitrogen and oxygen atoms in total. The molecule has 138 valence electrons. The molecule has 0 radical (unpaired) electrons. The van der Waals surface area contributed by atoms with Crippen LogP contribution in [0.2, 0.25) is 15.1 Å². The predicted molar refractivity (Wildman–Crippen MR) is 113 cm³/mol. The maximum absolute atomic E-state index is 10.0. The van der Waals surface area contributed by atoms with E-state index < -0.39 is 8.07 Å². The fraction of sp³-hybridized carbons (Fsp3) is 0.714. The van der Waals surface area contributed by atoms with Gasteiger partial charge in [-0.1, -0.05) is 62.3 Å². The number of phenolic OH excluding ortho intramolecular Hbond substituents is 1. The summed E-state index contributed by atoms with van der Waals surface area (Å²) in [6.45, 7) is 26.0. The molecule has 0 heterocycles. The van der Waals surface area contributed by atoms with Crippen molar-refractivity contribution in [3.63, 3.8) is 0 Å². The van der Waals surface area contributed by atoms with E-state index in [1.165, 1.54) is 10.3 Å². The molecule has 24 heavy (non-hydrogen) atoms. The monoisotopic (exact) mass is 366 g/mol. The summed E-state index contributed by atoms with van der Waals surface area (Å²) in [5.74, 6) is 0.435. The molecular weight excluding hydrogens is 328 g/mol. The fourth-order valence-electron chi connectivity index (χ4n) is 5.22. The molecule has 0 unspecified atom stereocenters. The minimum Gasteiger partial charge on any atom is -0.507 e. The Morgan fingerprint density at radius 1 is 0.792 bits per heavy atom. The lowest BCUT2D eigenvalue weighted by Crippen LogP contribution is -2.60. The van der Waals surface area contributed by atoms with E-state index in [1.54, 1.807) is 0 Å². The molecule has 0 saturated heterocycles. The highest BCUT2D eigenvalue weighted by Gasteiger charge is 2.59. The highest BCUT2D eigenvalue weighted by Crippen LogP contribution is 2.63. The average Bonchev–Trinajstić information content (AvgIpc) is 2.31. The molecule has 0 aliphatic carbocycles. The van der Waals surface area contributed by atoms with Crippen molar-refractivity contribution in [2.24, 2.45) is 0 Å². The lowest BCUT2D eigenvalue weighted by molar-refractivity contribution is 0.466. The fourth-order valence-corrected chi connectivity index (χ4v) is 19.2. The number of aromatic hydroxyl groups is 1. The topological polar surface area (TPSA) is 20.2 Å². The Morgan fingerprint density at radius 2 is 1.12 bits per heavy atom. The van der Waals surface area contributed by atoms with E-state index in [0.29, 0.717) is 20.9 Å². The Hall–Kier alpha value is -0.413. The van der Waals surface area contributed by atoms with Gasteiger partial charge in [0.25, 0.3) is 0 Å². The van der Waals surface area contributed by atoms with Crippen LogP contribution in [-0.4, -0.2) is 18.6 Å². The van der Waals surface area contributed by atoms with Crippen LogP contribution >= 0.6 is 11.8 Å². The van der Waals surface area contributed by atoms with Crippen molar-refractivity contribution in [3.8, 4) is 5.75 Å². The summed E-state index contributed by atoms with van der Waals surface area (Å²) in [7, 11) is -1.73. The minimum absolute atomic E-state index is 0.317. The van der Waals surface area contributed by atoms with Gasteiger partial charge in [0.15, 0.2) is 0 Å². The smallest absolute Gasteiger partial charge is 0.121 e. The second-order valence-electron chi connectivity index (χ2n) is 10.3. The van der Waals surface area contributed by atoms with E-state index >= 15 is 0 Å². The maximum atomic E-state index is 10.0. The molecule has 0 aliphatic heterocycles. The second kappa shape index (κ2) is 6.72. The molecule has 1 aromatic carbocycles. The first kappa shape index (κ1) is 21.6. The van der Waals surface area contributed by atoms with Crippen LogP contribution in [-0.2, 0) is 0 Å². The van der Waals surface area contributed by atoms with Crippen molar-refractivity contribution in [2.45, 2.75) is 96.2 Å². The zero-order chi connectivity index (χ0) is 19.1. The van der Waals surface area contributed by atoms with Crippen molar-refractivity contribution in [1.29, 1.82) is 0 Å². The van der Waals surface area contributed by atoms with Gasteiger partial charge in [-0.05, 0) is 57.6 Å². The maximum Gasteiger partial charge on any atom is 0.121 e. The molecule has 0 fully saturated rings. The summed E-state index contributed by atoms with van der Waals surface area (Å²) in [6, 6.07) is 4.28. The van der Waals surface area contributed by atoms with Crippen molar-refractivity contribution in [2.75, 3.05) is 5.38 Å². The van der Waals surface area contributed by atoms with Crippen molar-refractivity contribution >= 4 is 19.8 Å². The van der Waals surface area contributed by atoms with E-state index in [-0.39, 0.29) is 0 Å². The van der Waals surface area contributed by atoms with E-state index in [1.807, 2.05) is 25.6 Å². The van der Waals surface area contributed by atoms with Crippen LogP contribution in [0.25, 0.3) is 0 Å². The van der Waals surface area contributed by atoms with Crippen molar-refractivity contribution in [1.82, 2.24) is 0 Å². The van der Waals surface area contributed by atoms with Crippen molar-refractivity contribution < 1.29 is 5.11 Å². The second-order valence-corrected chi connectivity index (χ2v) is 18.6. The van der Waals surface area contributed by atoms with Crippen LogP contribution in [0, 0.1) is 13.8 Å². The van der Waals surface area contributed by atoms with E-state index in [0.717, 1.165) is 11.1 Å². The van der Waals surface area contributed by atoms with Crippen LogP contribution in [0.4, 0.5) is 0 Å². The molecule has 0 aliphatic rings. The lowest BCUT2D eigenvalue weighted by atomic mass is 10.1. The minimum atomic E-state index is -1.73. The number of thioether (sulfide) groups is 1. The lowest BCUT2D eigenvalue weighted by Gasteiger charge is -2.59. The van der Waals surface area contributed by atoms with Gasteiger partial charge in [0.05, 0.1) is 8.07 Å². The Bertz CT molecular complexity index is 526. The van der Waals surface area contributed by atoms with Crippen molar-refractivity contribution in [3.05, 3.63) is 23.3 Å². The summed E-state index contributed by atoms with van der Waals surface area (Å²) in [5.41, 5.74) is 1.96. The third-order valence-corrected chi connectivity index (χ3v) is 16.3. The highest BCUT2D eigenvalue weighted by atomic mass is 32.2. The predicted octanol–water partition coefficient (Wildman–Crippen LogP) is 7.49. The number of hydrogen-bond acceptors (Lipinski definition) is 2. The molecule has 0 spiro atoms. The van der Waals surface area contributed by atoms with Crippen LogP contribution < -0.4 is 0 Å². The third-order valence-electron chi connectivity index (χ3n) is 5.76. The third kappa shape index (κ3) is 3.88. The first-order valence-corrected chi connectivity index (χ1v) is 12.2. The first-order chi connectivity index (χ1) is 10.5. The standard InChI is InChI=1S/C21H38OSSi/c1-15-12-17(13-16(2)18(15)22)23-14-24(19(3,4)5,20(6,7)8)21(9,10)11/h12-13,22H,14H2,1-11H3. The number of aryl methyl sites for hydroxylation is 2. The zero-order valence-corrected chi connectivity index (χ0v) is 19.5. The van der Waals surface area contributed by atoms with Gasteiger partial charge in [0.2, 0.25) is 0 Å². The van der Waals surface area contributed by atoms with Gasteiger partial charge >= 0.3 is 0 Å². The van der Waals surface area contributed by atoms with E-state index in [4.69, 9.17) is 0 Å². The summed E-state index contributed by atoms with van der Waals surface area (Å²) < 4.78 is 0. The molecule has 1 N–H and O–H groups in total. The molecule has 0 atom stereocenters. The van der Waals surface area contributed by atoms with Gasteiger partial charge in [-0.2, -0.15) is 0 Å². The molecule has 0 bridgehead atoms. The Labute approximate surface area is 155 Å². The van der Waals surface area contributed by atoms with E-state index in [2.05, 4.69) is 74.4 Å². The van der Waals surface area contributed by atoms with Crippen LogP contribution in [0.5, 0.6) is 5.75 Å². The van der Waals surface area contributed by atoms with Crippen LogP contribution in [0.15, 0.2) is 17.0 Å². The normalized spacial score (nSPS) is 14.1. The SMILES string of the molecule is Cc1cc(SC[Si](C(C)(C)C)(C(C)(C)C)C(C)(C)C)cc(C)c1O. The van der Waals surface area contributed by atoms with Crippen LogP contribution in [0.3, 0.4) is 0 Å². The average molecular weight is 367 g/mol. The van der Waals surface area contributed by atoms with E-state index in [9.17, 15) is 5.11 Å². The Balaban J connectivity index is 3.35. The summed E-state index contributed by atoms with van der Waals surface area (Å²) in [4.78, 5) is 1.29. The zero-order valence-electron chi connectivity index (χ0n) is 17.7. The Morgan fingerprint density at radius 3 is 1.42 bits per heavy atom. The molecule has 0 aromatic heterocycles. The Kier molecular flexibility index (Phi) is 6.05. The van der Waals surface area contributed by atoms with Gasteiger partial charge in [-0.25, -0.2) is 0 Å². The summed E-state index contributed by atoms with van der Waals surface area (Å²) in [5, 5.41) is 12.2. The highest BCUT2D eigenvalue weighted by molar-refractivity contribution is 8.01. The molecule has 0 amide bonds. The first-order valence-electron chi connectivity index (χ1n) is 8.97. The van der Waals surface area contributed by atoms with Gasteiger partial charge in [0, 0.05) is 4.90 Å². The molecule has 0 saturated carbocycles.